The van der Waals surface area contributed by atoms with Crippen molar-refractivity contribution < 1.29 is 9.32 Å². The van der Waals surface area contributed by atoms with Gasteiger partial charge in [0.15, 0.2) is 5.82 Å². The third-order valence-corrected chi connectivity index (χ3v) is 5.45. The molecule has 1 amide bonds. The molecule has 1 aromatic heterocycles. The molecule has 2 saturated heterocycles. The first-order valence-corrected chi connectivity index (χ1v) is 9.50. The Morgan fingerprint density at radius 3 is 3.04 bits per heavy atom. The van der Waals surface area contributed by atoms with Crippen LogP contribution in [0, 0.1) is 5.41 Å². The van der Waals surface area contributed by atoms with E-state index in [-0.39, 0.29) is 11.9 Å². The molecule has 1 spiro atoms. The van der Waals surface area contributed by atoms with Gasteiger partial charge in [0, 0.05) is 6.54 Å². The highest BCUT2D eigenvalue weighted by Gasteiger charge is 2.45. The normalized spacial score (nSPS) is 24.2. The summed E-state index contributed by atoms with van der Waals surface area (Å²) in [6.45, 7) is 3.43. The van der Waals surface area contributed by atoms with Crippen LogP contribution in [0.1, 0.15) is 31.0 Å². The van der Waals surface area contributed by atoms with Crippen LogP contribution in [0.15, 0.2) is 4.52 Å². The highest BCUT2D eigenvalue weighted by Crippen LogP contribution is 2.41. The van der Waals surface area contributed by atoms with E-state index < -0.39 is 0 Å². The number of carbonyl (C=O) groups is 1. The quantitative estimate of drug-likeness (QED) is 0.814. The number of thioether (sulfide) groups is 1. The summed E-state index contributed by atoms with van der Waals surface area (Å²) in [4.78, 5) is 19.0. The zero-order valence-electron chi connectivity index (χ0n) is 13.8. The zero-order valence-corrected chi connectivity index (χ0v) is 14.6. The molecule has 23 heavy (non-hydrogen) atoms. The van der Waals surface area contributed by atoms with E-state index in [1.807, 2.05) is 13.3 Å². The molecule has 1 unspecified atom stereocenters. The Labute approximate surface area is 140 Å². The summed E-state index contributed by atoms with van der Waals surface area (Å²) in [5.41, 5.74) is 0.304. The first-order chi connectivity index (χ1) is 11.1. The van der Waals surface area contributed by atoms with Gasteiger partial charge in [0.05, 0.1) is 18.3 Å². The number of carbonyl (C=O) groups excluding carboxylic acids is 1. The molecule has 7 nitrogen and oxygen atoms in total. The van der Waals surface area contributed by atoms with Crippen molar-refractivity contribution >= 4 is 17.7 Å². The summed E-state index contributed by atoms with van der Waals surface area (Å²) in [5.74, 6) is 1.93. The Balaban J connectivity index is 1.53. The Kier molecular flexibility index (Phi) is 5.23. The number of likely N-dealkylation sites (N-methyl/N-ethyl adjacent to an activating group) is 1. The van der Waals surface area contributed by atoms with Crippen LogP contribution in [0.5, 0.6) is 0 Å². The summed E-state index contributed by atoms with van der Waals surface area (Å²) in [6.07, 6.45) is 5.24. The monoisotopic (exact) mass is 339 g/mol. The average Bonchev–Trinajstić information content (AvgIpc) is 3.11. The van der Waals surface area contributed by atoms with Crippen molar-refractivity contribution in [2.45, 2.75) is 37.6 Å². The Morgan fingerprint density at radius 2 is 2.30 bits per heavy atom. The maximum absolute atomic E-state index is 12.5. The van der Waals surface area contributed by atoms with Gasteiger partial charge in [0.1, 0.15) is 0 Å². The topological polar surface area (TPSA) is 83.3 Å². The van der Waals surface area contributed by atoms with Gasteiger partial charge in [-0.05, 0) is 51.1 Å². The number of hydrogen-bond acceptors (Lipinski definition) is 7. The third kappa shape index (κ3) is 3.87. The Hall–Kier alpha value is -1.12. The number of rotatable bonds is 5. The molecule has 0 radical (unpaired) electrons. The van der Waals surface area contributed by atoms with E-state index in [0.717, 1.165) is 44.6 Å². The van der Waals surface area contributed by atoms with Crippen LogP contribution in [0.4, 0.5) is 0 Å². The van der Waals surface area contributed by atoms with E-state index in [2.05, 4.69) is 25.7 Å². The summed E-state index contributed by atoms with van der Waals surface area (Å²) in [6, 6.07) is -0.0540. The van der Waals surface area contributed by atoms with Gasteiger partial charge < -0.3 is 15.2 Å². The van der Waals surface area contributed by atoms with Crippen molar-refractivity contribution in [3.8, 4) is 0 Å². The molecular formula is C15H25N5O2S. The largest absolute Gasteiger partial charge is 0.346 e. The van der Waals surface area contributed by atoms with Crippen molar-refractivity contribution in [1.82, 2.24) is 25.7 Å². The first-order valence-electron chi connectivity index (χ1n) is 8.11. The lowest BCUT2D eigenvalue weighted by Crippen LogP contribution is -2.41. The molecule has 1 atom stereocenters. The maximum Gasteiger partial charge on any atom is 0.246 e. The molecular weight excluding hydrogens is 314 g/mol. The van der Waals surface area contributed by atoms with Crippen LogP contribution in [-0.4, -0.2) is 59.9 Å². The molecule has 2 fully saturated rings. The summed E-state index contributed by atoms with van der Waals surface area (Å²) < 4.78 is 5.16. The molecule has 0 aromatic carbocycles. The number of amides is 1. The van der Waals surface area contributed by atoms with Crippen LogP contribution >= 0.6 is 11.8 Å². The van der Waals surface area contributed by atoms with Crippen molar-refractivity contribution in [3.05, 3.63) is 11.7 Å². The maximum atomic E-state index is 12.5. The van der Waals surface area contributed by atoms with E-state index >= 15 is 0 Å². The standard InChI is InChI=1S/C15H25N5O2S/c1-20-10-15(3-5-16-6-4-15)7-11(20)14(21)17-8-13-18-12(9-23-2)19-22-13/h11,16H,3-10H2,1-2H3,(H,17,21). The van der Waals surface area contributed by atoms with Crippen LogP contribution < -0.4 is 10.6 Å². The SMILES string of the molecule is CSCc1noc(CNC(=O)C2CC3(CCNCC3)CN2C)n1. The van der Waals surface area contributed by atoms with E-state index in [1.165, 1.54) is 0 Å². The van der Waals surface area contributed by atoms with Gasteiger partial charge in [-0.2, -0.15) is 16.7 Å². The second-order valence-electron chi connectivity index (χ2n) is 6.64. The Bertz CT molecular complexity index is 544. The van der Waals surface area contributed by atoms with Gasteiger partial charge in [-0.3, -0.25) is 9.69 Å². The molecule has 2 aliphatic heterocycles. The van der Waals surface area contributed by atoms with Crippen LogP contribution in [-0.2, 0) is 17.1 Å². The van der Waals surface area contributed by atoms with E-state index in [4.69, 9.17) is 4.52 Å². The van der Waals surface area contributed by atoms with Gasteiger partial charge in [-0.15, -0.1) is 0 Å². The van der Waals surface area contributed by atoms with Gasteiger partial charge in [0.25, 0.3) is 0 Å². The third-order valence-electron chi connectivity index (χ3n) is 4.91. The molecule has 8 heteroatoms. The molecule has 3 rings (SSSR count). The first kappa shape index (κ1) is 16.7. The summed E-state index contributed by atoms with van der Waals surface area (Å²) in [7, 11) is 2.05. The second kappa shape index (κ2) is 7.19. The summed E-state index contributed by atoms with van der Waals surface area (Å²) >= 11 is 1.64. The van der Waals surface area contributed by atoms with Crippen molar-refractivity contribution in [2.24, 2.45) is 5.41 Å². The van der Waals surface area contributed by atoms with Crippen molar-refractivity contribution in [2.75, 3.05) is 32.9 Å². The predicted molar refractivity (Wildman–Crippen MR) is 88.9 cm³/mol. The minimum Gasteiger partial charge on any atom is -0.346 e. The molecule has 3 heterocycles. The van der Waals surface area contributed by atoms with Gasteiger partial charge in [0.2, 0.25) is 11.8 Å². The fourth-order valence-electron chi connectivity index (χ4n) is 3.71. The number of aromatic nitrogens is 2. The molecule has 1 aromatic rings. The lowest BCUT2D eigenvalue weighted by molar-refractivity contribution is -0.125. The highest BCUT2D eigenvalue weighted by molar-refractivity contribution is 7.97. The van der Waals surface area contributed by atoms with Crippen molar-refractivity contribution in [1.29, 1.82) is 0 Å². The minimum absolute atomic E-state index is 0.0540. The number of nitrogens with one attached hydrogen (secondary N) is 2. The second-order valence-corrected chi connectivity index (χ2v) is 7.51. The Morgan fingerprint density at radius 1 is 1.52 bits per heavy atom. The van der Waals surface area contributed by atoms with E-state index in [1.54, 1.807) is 11.8 Å². The smallest absolute Gasteiger partial charge is 0.246 e. The lowest BCUT2D eigenvalue weighted by atomic mass is 9.77. The number of hydrogen-bond donors (Lipinski definition) is 2. The number of piperidine rings is 1. The molecule has 0 bridgehead atoms. The highest BCUT2D eigenvalue weighted by atomic mass is 32.2. The van der Waals surface area contributed by atoms with E-state index in [0.29, 0.717) is 23.7 Å². The summed E-state index contributed by atoms with van der Waals surface area (Å²) in [5, 5.41) is 10.2. The fourth-order valence-corrected chi connectivity index (χ4v) is 4.09. The van der Waals surface area contributed by atoms with E-state index in [9.17, 15) is 4.79 Å². The fraction of sp³-hybridized carbons (Fsp3) is 0.800. The van der Waals surface area contributed by atoms with Gasteiger partial charge in [-0.25, -0.2) is 0 Å². The average molecular weight is 339 g/mol. The number of likely N-dealkylation sites (tertiary alicyclic amines) is 1. The van der Waals surface area contributed by atoms with Crippen LogP contribution in [0.3, 0.4) is 0 Å². The van der Waals surface area contributed by atoms with Crippen LogP contribution in [0.2, 0.25) is 0 Å². The predicted octanol–water partition coefficient (Wildman–Crippen LogP) is 0.623. The molecule has 2 N–H and O–H groups in total. The van der Waals surface area contributed by atoms with Crippen molar-refractivity contribution in [3.63, 3.8) is 0 Å². The molecule has 2 aliphatic rings. The lowest BCUT2D eigenvalue weighted by Gasteiger charge is -2.33. The van der Waals surface area contributed by atoms with Gasteiger partial charge in [-0.1, -0.05) is 5.16 Å². The molecule has 0 aliphatic carbocycles. The van der Waals surface area contributed by atoms with Crippen LogP contribution in [0.25, 0.3) is 0 Å². The molecule has 128 valence electrons. The minimum atomic E-state index is -0.0540. The van der Waals surface area contributed by atoms with Gasteiger partial charge >= 0.3 is 0 Å². The molecule has 0 saturated carbocycles. The number of nitrogens with zero attached hydrogens (tertiary/aromatic N) is 3. The zero-order chi connectivity index (χ0) is 16.3.